The van der Waals surface area contributed by atoms with Gasteiger partial charge in [0.1, 0.15) is 0 Å². The number of rotatable bonds is 1. The summed E-state index contributed by atoms with van der Waals surface area (Å²) in [4.78, 5) is 14.9. The number of piperidine rings is 1. The molecule has 0 spiro atoms. The third kappa shape index (κ3) is 2.41. The Bertz CT molecular complexity index is 512. The zero-order valence-electron chi connectivity index (χ0n) is 12.5. The van der Waals surface area contributed by atoms with Crippen LogP contribution in [0.1, 0.15) is 42.6 Å². The third-order valence-electron chi connectivity index (χ3n) is 4.95. The summed E-state index contributed by atoms with van der Waals surface area (Å²) < 4.78 is 0. The fraction of sp³-hybridized carbons (Fsp3) is 0.588. The molecule has 3 heteroatoms. The molecule has 1 N–H and O–H groups in total. The molecular weight excluding hydrogens is 248 g/mol. The van der Waals surface area contributed by atoms with Crippen LogP contribution in [0.15, 0.2) is 18.2 Å². The molecule has 2 atom stereocenters. The molecule has 0 aromatic heterocycles. The molecule has 0 saturated carbocycles. The van der Waals surface area contributed by atoms with E-state index >= 15 is 0 Å². The fourth-order valence-corrected chi connectivity index (χ4v) is 3.33. The smallest absolute Gasteiger partial charge is 0.254 e. The minimum absolute atomic E-state index is 0.226. The third-order valence-corrected chi connectivity index (χ3v) is 4.95. The number of amides is 1. The first kappa shape index (κ1) is 13.5. The van der Waals surface area contributed by atoms with Gasteiger partial charge in [-0.3, -0.25) is 4.79 Å². The maximum Gasteiger partial charge on any atom is 0.254 e. The molecule has 3 rings (SSSR count). The molecule has 1 aromatic carbocycles. The normalized spacial score (nSPS) is 25.8. The maximum atomic E-state index is 12.8. The second kappa shape index (κ2) is 5.47. The van der Waals surface area contributed by atoms with E-state index < -0.39 is 0 Å². The predicted octanol–water partition coefficient (Wildman–Crippen LogP) is 3.16. The van der Waals surface area contributed by atoms with Crippen molar-refractivity contribution >= 4 is 11.6 Å². The van der Waals surface area contributed by atoms with Crippen molar-refractivity contribution in [3.63, 3.8) is 0 Å². The van der Waals surface area contributed by atoms with Gasteiger partial charge in [0, 0.05) is 30.9 Å². The van der Waals surface area contributed by atoms with Gasteiger partial charge in [-0.15, -0.1) is 0 Å². The average molecular weight is 272 g/mol. The Labute approximate surface area is 121 Å². The van der Waals surface area contributed by atoms with E-state index in [-0.39, 0.29) is 5.91 Å². The monoisotopic (exact) mass is 272 g/mol. The second-order valence-electron chi connectivity index (χ2n) is 6.36. The van der Waals surface area contributed by atoms with Gasteiger partial charge in [-0.1, -0.05) is 19.9 Å². The largest absolute Gasteiger partial charge is 0.385 e. The van der Waals surface area contributed by atoms with Gasteiger partial charge < -0.3 is 10.2 Å². The first-order valence-corrected chi connectivity index (χ1v) is 7.82. The summed E-state index contributed by atoms with van der Waals surface area (Å²) in [5.41, 5.74) is 3.28. The molecule has 20 heavy (non-hydrogen) atoms. The number of nitrogens with one attached hydrogen (secondary N) is 1. The zero-order valence-corrected chi connectivity index (χ0v) is 12.5. The fourth-order valence-electron chi connectivity index (χ4n) is 3.33. The van der Waals surface area contributed by atoms with Gasteiger partial charge in [0.05, 0.1) is 0 Å². The number of carbonyl (C=O) groups excluding carboxylic acids is 1. The highest BCUT2D eigenvalue weighted by atomic mass is 16.2. The number of anilines is 1. The standard InChI is InChI=1S/C17H24N2O/c1-12-8-10-19(11-13(12)2)17(20)15-5-3-7-16-14(15)6-4-9-18-16/h3,5,7,12-13,18H,4,6,8-11H2,1-2H3. The summed E-state index contributed by atoms with van der Waals surface area (Å²) in [5, 5.41) is 3.41. The lowest BCUT2D eigenvalue weighted by Crippen LogP contribution is -2.42. The molecule has 2 aliphatic rings. The number of likely N-dealkylation sites (tertiary alicyclic amines) is 1. The molecule has 2 heterocycles. The summed E-state index contributed by atoms with van der Waals surface area (Å²) in [6.45, 7) is 7.37. The minimum Gasteiger partial charge on any atom is -0.385 e. The summed E-state index contributed by atoms with van der Waals surface area (Å²) in [6.07, 6.45) is 3.26. The lowest BCUT2D eigenvalue weighted by atomic mass is 9.88. The Hall–Kier alpha value is -1.51. The number of nitrogens with zero attached hydrogens (tertiary/aromatic N) is 1. The Morgan fingerprint density at radius 1 is 1.30 bits per heavy atom. The average Bonchev–Trinajstić information content (AvgIpc) is 2.49. The van der Waals surface area contributed by atoms with Crippen LogP contribution in [0.3, 0.4) is 0 Å². The van der Waals surface area contributed by atoms with Crippen LogP contribution in [-0.2, 0) is 6.42 Å². The highest BCUT2D eigenvalue weighted by molar-refractivity contribution is 5.97. The Balaban J connectivity index is 1.84. The molecule has 1 fully saturated rings. The van der Waals surface area contributed by atoms with Crippen LogP contribution >= 0.6 is 0 Å². The van der Waals surface area contributed by atoms with E-state index in [4.69, 9.17) is 0 Å². The van der Waals surface area contributed by atoms with Gasteiger partial charge in [0.15, 0.2) is 0 Å². The van der Waals surface area contributed by atoms with E-state index in [9.17, 15) is 4.79 Å². The topological polar surface area (TPSA) is 32.3 Å². The number of carbonyl (C=O) groups is 1. The number of fused-ring (bicyclic) bond motifs is 1. The molecule has 0 radical (unpaired) electrons. The van der Waals surface area contributed by atoms with E-state index in [1.807, 2.05) is 12.1 Å². The predicted molar refractivity (Wildman–Crippen MR) is 82.1 cm³/mol. The van der Waals surface area contributed by atoms with Crippen molar-refractivity contribution < 1.29 is 4.79 Å². The van der Waals surface area contributed by atoms with Gasteiger partial charge in [-0.25, -0.2) is 0 Å². The van der Waals surface area contributed by atoms with Crippen molar-refractivity contribution in [2.75, 3.05) is 25.0 Å². The number of hydrogen-bond acceptors (Lipinski definition) is 2. The molecule has 1 amide bonds. The van der Waals surface area contributed by atoms with Crippen LogP contribution in [0.5, 0.6) is 0 Å². The molecule has 2 aliphatic heterocycles. The van der Waals surface area contributed by atoms with E-state index in [1.54, 1.807) is 0 Å². The van der Waals surface area contributed by atoms with Crippen molar-refractivity contribution in [1.29, 1.82) is 0 Å². The van der Waals surface area contributed by atoms with Gasteiger partial charge in [-0.05, 0) is 48.8 Å². The van der Waals surface area contributed by atoms with E-state index in [2.05, 4.69) is 30.1 Å². The Morgan fingerprint density at radius 3 is 2.95 bits per heavy atom. The summed E-state index contributed by atoms with van der Waals surface area (Å²) in [7, 11) is 0. The zero-order chi connectivity index (χ0) is 14.1. The van der Waals surface area contributed by atoms with Crippen molar-refractivity contribution in [2.45, 2.75) is 33.1 Å². The van der Waals surface area contributed by atoms with Gasteiger partial charge >= 0.3 is 0 Å². The molecule has 1 saturated heterocycles. The highest BCUT2D eigenvalue weighted by Crippen LogP contribution is 2.28. The maximum absolute atomic E-state index is 12.8. The Morgan fingerprint density at radius 2 is 2.15 bits per heavy atom. The van der Waals surface area contributed by atoms with Crippen molar-refractivity contribution in [1.82, 2.24) is 4.90 Å². The van der Waals surface area contributed by atoms with Crippen LogP contribution in [0.2, 0.25) is 0 Å². The van der Waals surface area contributed by atoms with Crippen LogP contribution in [0.25, 0.3) is 0 Å². The van der Waals surface area contributed by atoms with Crippen molar-refractivity contribution in [2.24, 2.45) is 11.8 Å². The summed E-state index contributed by atoms with van der Waals surface area (Å²) >= 11 is 0. The molecule has 0 aliphatic carbocycles. The van der Waals surface area contributed by atoms with Crippen molar-refractivity contribution in [3.8, 4) is 0 Å². The lowest BCUT2D eigenvalue weighted by Gasteiger charge is -2.36. The first-order valence-electron chi connectivity index (χ1n) is 7.82. The molecular formula is C17H24N2O. The van der Waals surface area contributed by atoms with Crippen molar-refractivity contribution in [3.05, 3.63) is 29.3 Å². The van der Waals surface area contributed by atoms with E-state index in [1.165, 1.54) is 5.56 Å². The molecule has 1 aromatic rings. The summed E-state index contributed by atoms with van der Waals surface area (Å²) in [5.74, 6) is 1.56. The molecule has 108 valence electrons. The van der Waals surface area contributed by atoms with Crippen LogP contribution in [0, 0.1) is 11.8 Å². The summed E-state index contributed by atoms with van der Waals surface area (Å²) in [6, 6.07) is 6.09. The molecule has 2 unspecified atom stereocenters. The second-order valence-corrected chi connectivity index (χ2v) is 6.36. The SMILES string of the molecule is CC1CCN(C(=O)c2cccc3c2CCCN3)CC1C. The number of hydrogen-bond donors (Lipinski definition) is 1. The number of benzene rings is 1. The Kier molecular flexibility index (Phi) is 3.68. The minimum atomic E-state index is 0.226. The van der Waals surface area contributed by atoms with Gasteiger partial charge in [0.25, 0.3) is 5.91 Å². The van der Waals surface area contributed by atoms with Crippen LogP contribution < -0.4 is 5.32 Å². The van der Waals surface area contributed by atoms with Gasteiger partial charge in [-0.2, -0.15) is 0 Å². The van der Waals surface area contributed by atoms with Crippen LogP contribution in [0.4, 0.5) is 5.69 Å². The van der Waals surface area contributed by atoms with Crippen LogP contribution in [-0.4, -0.2) is 30.4 Å². The first-order chi connectivity index (χ1) is 9.66. The molecule has 3 nitrogen and oxygen atoms in total. The van der Waals surface area contributed by atoms with E-state index in [0.29, 0.717) is 5.92 Å². The quantitative estimate of drug-likeness (QED) is 0.851. The lowest BCUT2D eigenvalue weighted by molar-refractivity contribution is 0.0626. The molecule has 0 bridgehead atoms. The van der Waals surface area contributed by atoms with E-state index in [0.717, 1.165) is 56.1 Å². The van der Waals surface area contributed by atoms with Gasteiger partial charge in [0.2, 0.25) is 0 Å². The highest BCUT2D eigenvalue weighted by Gasteiger charge is 2.28.